The third kappa shape index (κ3) is 3.02. The molecule has 1 unspecified atom stereocenters. The van der Waals surface area contributed by atoms with Crippen molar-refractivity contribution >= 4 is 5.97 Å². The van der Waals surface area contributed by atoms with Gasteiger partial charge in [-0.2, -0.15) is 0 Å². The second-order valence-electron chi connectivity index (χ2n) is 6.85. The van der Waals surface area contributed by atoms with Crippen molar-refractivity contribution in [1.29, 1.82) is 0 Å². The van der Waals surface area contributed by atoms with Crippen LogP contribution in [0.3, 0.4) is 0 Å². The molecule has 3 rings (SSSR count). The van der Waals surface area contributed by atoms with Gasteiger partial charge in [-0.15, -0.1) is 0 Å². The number of carbonyl (C=O) groups excluding carboxylic acids is 1. The predicted octanol–water partition coefficient (Wildman–Crippen LogP) is 3.06. The average molecular weight is 294 g/mol. The van der Waals surface area contributed by atoms with E-state index in [1.807, 2.05) is 6.92 Å². The maximum absolute atomic E-state index is 11.7. The number of hydrogen-bond acceptors (Lipinski definition) is 4. The third-order valence-corrected chi connectivity index (χ3v) is 5.25. The fourth-order valence-corrected chi connectivity index (χ4v) is 4.04. The summed E-state index contributed by atoms with van der Waals surface area (Å²) in [4.78, 5) is 11.7. The SMILES string of the molecule is C[C@@H]1C(=O)O[C@H]2C=C[C@](C)(CCCOC3CCCCO3)[C@H]21. The molecule has 2 fully saturated rings. The molecule has 0 aromatic heterocycles. The zero-order valence-electron chi connectivity index (χ0n) is 13.0. The summed E-state index contributed by atoms with van der Waals surface area (Å²) in [5, 5.41) is 0. The zero-order valence-corrected chi connectivity index (χ0v) is 13.0. The molecule has 3 aliphatic rings. The maximum atomic E-state index is 11.7. The number of ether oxygens (including phenoxy) is 3. The Labute approximate surface area is 126 Å². The summed E-state index contributed by atoms with van der Waals surface area (Å²) >= 11 is 0. The van der Waals surface area contributed by atoms with E-state index in [0.717, 1.165) is 38.9 Å². The Morgan fingerprint density at radius 2 is 2.29 bits per heavy atom. The summed E-state index contributed by atoms with van der Waals surface area (Å²) in [6.07, 6.45) is 9.67. The standard InChI is InChI=1S/C17H26O4/c1-12-15-13(21-16(12)18)7-9-17(15,2)8-5-11-20-14-6-3-4-10-19-14/h7,9,12-15H,3-6,8,10-11H2,1-2H3/t12-,13-,14?,15-,17-/m0/s1. The van der Waals surface area contributed by atoms with Gasteiger partial charge in [-0.25, -0.2) is 0 Å². The number of hydrogen-bond donors (Lipinski definition) is 0. The molecule has 0 radical (unpaired) electrons. The van der Waals surface area contributed by atoms with Crippen molar-refractivity contribution in [2.24, 2.45) is 17.3 Å². The van der Waals surface area contributed by atoms with Crippen LogP contribution >= 0.6 is 0 Å². The molecule has 4 nitrogen and oxygen atoms in total. The highest BCUT2D eigenvalue weighted by Gasteiger charge is 2.52. The first-order chi connectivity index (χ1) is 10.1. The van der Waals surface area contributed by atoms with E-state index in [-0.39, 0.29) is 35.6 Å². The first kappa shape index (κ1) is 15.0. The van der Waals surface area contributed by atoms with Crippen LogP contribution in [0.1, 0.15) is 46.0 Å². The highest BCUT2D eigenvalue weighted by atomic mass is 16.7. The predicted molar refractivity (Wildman–Crippen MR) is 78.6 cm³/mol. The summed E-state index contributed by atoms with van der Waals surface area (Å²) in [6.45, 7) is 5.79. The van der Waals surface area contributed by atoms with Gasteiger partial charge in [0.15, 0.2) is 6.29 Å². The molecule has 21 heavy (non-hydrogen) atoms. The van der Waals surface area contributed by atoms with E-state index in [9.17, 15) is 4.79 Å². The van der Waals surface area contributed by atoms with E-state index in [2.05, 4.69) is 19.1 Å². The lowest BCUT2D eigenvalue weighted by atomic mass is 9.71. The van der Waals surface area contributed by atoms with Crippen molar-refractivity contribution in [3.05, 3.63) is 12.2 Å². The quantitative estimate of drug-likeness (QED) is 0.444. The van der Waals surface area contributed by atoms with Gasteiger partial charge in [-0.3, -0.25) is 4.79 Å². The Morgan fingerprint density at radius 3 is 3.05 bits per heavy atom. The van der Waals surface area contributed by atoms with E-state index in [4.69, 9.17) is 14.2 Å². The summed E-state index contributed by atoms with van der Waals surface area (Å²) in [6, 6.07) is 0. The van der Waals surface area contributed by atoms with Gasteiger partial charge in [0, 0.05) is 19.1 Å². The largest absolute Gasteiger partial charge is 0.458 e. The van der Waals surface area contributed by atoms with Crippen molar-refractivity contribution in [3.63, 3.8) is 0 Å². The van der Waals surface area contributed by atoms with Crippen LogP contribution in [0.5, 0.6) is 0 Å². The Hall–Kier alpha value is -0.870. The zero-order chi connectivity index (χ0) is 14.9. The smallest absolute Gasteiger partial charge is 0.309 e. The molecule has 0 aromatic carbocycles. The Kier molecular flexibility index (Phi) is 4.36. The lowest BCUT2D eigenvalue weighted by molar-refractivity contribution is -0.163. The van der Waals surface area contributed by atoms with Gasteiger partial charge < -0.3 is 14.2 Å². The van der Waals surface area contributed by atoms with E-state index < -0.39 is 0 Å². The molecule has 2 heterocycles. The van der Waals surface area contributed by atoms with Gasteiger partial charge in [-0.1, -0.05) is 19.9 Å². The molecule has 1 aliphatic carbocycles. The molecule has 0 N–H and O–H groups in total. The number of allylic oxidation sites excluding steroid dienone is 1. The number of esters is 1. The third-order valence-electron chi connectivity index (χ3n) is 5.25. The fraction of sp³-hybridized carbons (Fsp3) is 0.824. The summed E-state index contributed by atoms with van der Waals surface area (Å²) in [7, 11) is 0. The van der Waals surface area contributed by atoms with Crippen LogP contribution < -0.4 is 0 Å². The summed E-state index contributed by atoms with van der Waals surface area (Å²) in [5.41, 5.74) is 0.0486. The lowest BCUT2D eigenvalue weighted by Crippen LogP contribution is -2.31. The van der Waals surface area contributed by atoms with Crippen LogP contribution in [0.2, 0.25) is 0 Å². The fourth-order valence-electron chi connectivity index (χ4n) is 4.04. The molecule has 0 amide bonds. The van der Waals surface area contributed by atoms with E-state index >= 15 is 0 Å². The first-order valence-corrected chi connectivity index (χ1v) is 8.23. The molecule has 2 aliphatic heterocycles. The first-order valence-electron chi connectivity index (χ1n) is 8.23. The number of rotatable bonds is 5. The van der Waals surface area contributed by atoms with Gasteiger partial charge in [-0.05, 0) is 43.6 Å². The van der Waals surface area contributed by atoms with Crippen molar-refractivity contribution < 1.29 is 19.0 Å². The Balaban J connectivity index is 1.46. The lowest BCUT2D eigenvalue weighted by Gasteiger charge is -2.31. The van der Waals surface area contributed by atoms with Gasteiger partial charge in [0.05, 0.1) is 5.92 Å². The van der Waals surface area contributed by atoms with E-state index in [0.29, 0.717) is 0 Å². The molecule has 4 heteroatoms. The van der Waals surface area contributed by atoms with Crippen LogP contribution in [0.4, 0.5) is 0 Å². The number of carbonyl (C=O) groups is 1. The van der Waals surface area contributed by atoms with E-state index in [1.54, 1.807) is 0 Å². The van der Waals surface area contributed by atoms with Crippen molar-refractivity contribution in [1.82, 2.24) is 0 Å². The maximum Gasteiger partial charge on any atom is 0.309 e. The number of fused-ring (bicyclic) bond motifs is 1. The monoisotopic (exact) mass is 294 g/mol. The second-order valence-corrected chi connectivity index (χ2v) is 6.85. The normalized spacial score (nSPS) is 42.1. The molecule has 0 aromatic rings. The van der Waals surface area contributed by atoms with Crippen LogP contribution in [-0.2, 0) is 19.0 Å². The minimum Gasteiger partial charge on any atom is -0.458 e. The molecule has 2 saturated heterocycles. The molecule has 0 saturated carbocycles. The van der Waals surface area contributed by atoms with Crippen molar-refractivity contribution in [2.75, 3.05) is 13.2 Å². The topological polar surface area (TPSA) is 44.8 Å². The molecule has 0 spiro atoms. The van der Waals surface area contributed by atoms with Crippen LogP contribution in [0.25, 0.3) is 0 Å². The summed E-state index contributed by atoms with van der Waals surface area (Å²) < 4.78 is 16.8. The highest BCUT2D eigenvalue weighted by molar-refractivity contribution is 5.76. The van der Waals surface area contributed by atoms with Crippen LogP contribution in [0.15, 0.2) is 12.2 Å². The van der Waals surface area contributed by atoms with Gasteiger partial charge in [0.2, 0.25) is 0 Å². The average Bonchev–Trinajstić information content (AvgIpc) is 2.96. The van der Waals surface area contributed by atoms with Crippen LogP contribution in [0, 0.1) is 17.3 Å². The van der Waals surface area contributed by atoms with E-state index in [1.165, 1.54) is 6.42 Å². The second kappa shape index (κ2) is 6.09. The minimum atomic E-state index is -0.0487. The minimum absolute atomic E-state index is 0.00223. The van der Waals surface area contributed by atoms with Crippen LogP contribution in [-0.4, -0.2) is 31.6 Å². The molecule has 118 valence electrons. The Morgan fingerprint density at radius 1 is 1.43 bits per heavy atom. The highest BCUT2D eigenvalue weighted by Crippen LogP contribution is 2.50. The van der Waals surface area contributed by atoms with Gasteiger partial charge in [0.1, 0.15) is 6.10 Å². The molecule has 0 bridgehead atoms. The Bertz CT molecular complexity index is 413. The van der Waals surface area contributed by atoms with Gasteiger partial charge in [0.25, 0.3) is 0 Å². The molecule has 5 atom stereocenters. The van der Waals surface area contributed by atoms with Gasteiger partial charge >= 0.3 is 5.97 Å². The van der Waals surface area contributed by atoms with Crippen molar-refractivity contribution in [2.45, 2.75) is 58.3 Å². The summed E-state index contributed by atoms with van der Waals surface area (Å²) in [5.74, 6) is 0.237. The molecular formula is C17H26O4. The molecular weight excluding hydrogens is 268 g/mol. The van der Waals surface area contributed by atoms with Crippen molar-refractivity contribution in [3.8, 4) is 0 Å².